The Hall–Kier alpha value is -2.06. The van der Waals surface area contributed by atoms with Crippen molar-refractivity contribution in [2.75, 3.05) is 27.3 Å². The van der Waals surface area contributed by atoms with Crippen molar-refractivity contribution in [3.8, 4) is 11.8 Å². The molecule has 0 unspecified atom stereocenters. The molecule has 0 aromatic heterocycles. The second-order valence-corrected chi connectivity index (χ2v) is 4.77. The van der Waals surface area contributed by atoms with Crippen molar-refractivity contribution in [2.45, 2.75) is 18.8 Å². The number of benzene rings is 1. The molecule has 0 saturated carbocycles. The van der Waals surface area contributed by atoms with E-state index in [-0.39, 0.29) is 5.56 Å². The van der Waals surface area contributed by atoms with Crippen LogP contribution >= 0.6 is 0 Å². The summed E-state index contributed by atoms with van der Waals surface area (Å²) in [6.45, 7) is 1.93. The van der Waals surface area contributed by atoms with Crippen LogP contribution in [0, 0.1) is 11.3 Å². The maximum Gasteiger partial charge on any atom is 0.343 e. The van der Waals surface area contributed by atoms with E-state index in [0.717, 1.165) is 31.5 Å². The van der Waals surface area contributed by atoms with Crippen LogP contribution in [0.2, 0.25) is 0 Å². The van der Waals surface area contributed by atoms with E-state index in [9.17, 15) is 10.1 Å². The van der Waals surface area contributed by atoms with Crippen molar-refractivity contribution in [3.63, 3.8) is 0 Å². The van der Waals surface area contributed by atoms with Gasteiger partial charge in [-0.15, -0.1) is 0 Å². The first kappa shape index (κ1) is 14.4. The summed E-state index contributed by atoms with van der Waals surface area (Å²) in [5.74, 6) is 0.253. The summed E-state index contributed by atoms with van der Waals surface area (Å²) in [5.41, 5.74) is 1.56. The Morgan fingerprint density at radius 1 is 1.35 bits per heavy atom. The second kappa shape index (κ2) is 6.40. The van der Waals surface area contributed by atoms with E-state index in [2.05, 4.69) is 11.4 Å². The van der Waals surface area contributed by atoms with E-state index in [1.807, 2.05) is 6.07 Å². The molecular weight excluding hydrogens is 256 g/mol. The number of rotatable bonds is 3. The lowest BCUT2D eigenvalue weighted by Crippen LogP contribution is -2.26. The van der Waals surface area contributed by atoms with Gasteiger partial charge in [-0.05, 0) is 49.5 Å². The monoisotopic (exact) mass is 274 g/mol. The molecule has 1 aromatic carbocycles. The van der Waals surface area contributed by atoms with Crippen LogP contribution in [0.15, 0.2) is 12.1 Å². The van der Waals surface area contributed by atoms with E-state index >= 15 is 0 Å². The highest BCUT2D eigenvalue weighted by atomic mass is 16.5. The van der Waals surface area contributed by atoms with Gasteiger partial charge >= 0.3 is 5.97 Å². The zero-order valence-corrected chi connectivity index (χ0v) is 11.7. The van der Waals surface area contributed by atoms with Crippen LogP contribution in [0.4, 0.5) is 0 Å². The molecule has 5 heteroatoms. The summed E-state index contributed by atoms with van der Waals surface area (Å²) in [7, 11) is 2.79. The van der Waals surface area contributed by atoms with Crippen LogP contribution in [0.5, 0.6) is 5.75 Å². The number of nitrogens with zero attached hydrogens (tertiary/aromatic N) is 1. The largest absolute Gasteiger partial charge is 0.496 e. The Balaban J connectivity index is 2.46. The normalized spacial score (nSPS) is 15.4. The minimum absolute atomic E-state index is 0.204. The van der Waals surface area contributed by atoms with E-state index in [4.69, 9.17) is 9.47 Å². The Morgan fingerprint density at radius 2 is 2.05 bits per heavy atom. The van der Waals surface area contributed by atoms with Crippen LogP contribution in [0.3, 0.4) is 0 Å². The Kier molecular flexibility index (Phi) is 4.59. The van der Waals surface area contributed by atoms with Gasteiger partial charge in [0.05, 0.1) is 19.8 Å². The lowest BCUT2D eigenvalue weighted by Gasteiger charge is -2.24. The Morgan fingerprint density at radius 3 is 2.60 bits per heavy atom. The molecule has 0 aliphatic carbocycles. The van der Waals surface area contributed by atoms with Gasteiger partial charge in [0.15, 0.2) is 0 Å². The van der Waals surface area contributed by atoms with Gasteiger partial charge in [0.2, 0.25) is 0 Å². The number of methoxy groups -OCH3 is 2. The second-order valence-electron chi connectivity index (χ2n) is 4.77. The smallest absolute Gasteiger partial charge is 0.343 e. The van der Waals surface area contributed by atoms with Gasteiger partial charge in [-0.2, -0.15) is 5.26 Å². The highest BCUT2D eigenvalue weighted by Gasteiger charge is 2.23. The molecule has 0 bridgehead atoms. The van der Waals surface area contributed by atoms with Gasteiger partial charge in [-0.25, -0.2) is 4.79 Å². The zero-order valence-electron chi connectivity index (χ0n) is 11.7. The van der Waals surface area contributed by atoms with Gasteiger partial charge in [-0.1, -0.05) is 0 Å². The summed E-state index contributed by atoms with van der Waals surface area (Å²) < 4.78 is 10.0. The van der Waals surface area contributed by atoms with Crippen molar-refractivity contribution in [3.05, 3.63) is 28.8 Å². The summed E-state index contributed by atoms with van der Waals surface area (Å²) in [4.78, 5) is 11.8. The molecule has 0 spiro atoms. The number of nitriles is 1. The van der Waals surface area contributed by atoms with Crippen molar-refractivity contribution in [1.29, 1.82) is 5.26 Å². The minimum atomic E-state index is -0.546. The third-order valence-corrected chi connectivity index (χ3v) is 3.66. The molecule has 106 valence electrons. The van der Waals surface area contributed by atoms with Crippen LogP contribution in [0.25, 0.3) is 0 Å². The molecule has 1 saturated heterocycles. The number of carbonyl (C=O) groups is 1. The predicted octanol–water partition coefficient (Wildman–Crippen LogP) is 1.82. The topological polar surface area (TPSA) is 71.4 Å². The fourth-order valence-corrected chi connectivity index (χ4v) is 2.59. The molecule has 0 radical (unpaired) electrons. The zero-order chi connectivity index (χ0) is 14.5. The van der Waals surface area contributed by atoms with Crippen LogP contribution < -0.4 is 10.1 Å². The third-order valence-electron chi connectivity index (χ3n) is 3.66. The molecule has 20 heavy (non-hydrogen) atoms. The molecule has 1 aromatic rings. The maximum absolute atomic E-state index is 11.8. The molecule has 1 fully saturated rings. The van der Waals surface area contributed by atoms with Crippen molar-refractivity contribution < 1.29 is 14.3 Å². The molecule has 1 N–H and O–H groups in total. The molecule has 5 nitrogen and oxygen atoms in total. The number of ether oxygens (including phenoxy) is 2. The molecule has 0 amide bonds. The fraction of sp³-hybridized carbons (Fsp3) is 0.467. The SMILES string of the molecule is COC(=O)c1c(C#N)cc(C2CCNCC2)cc1OC. The van der Waals surface area contributed by atoms with Crippen LogP contribution in [0.1, 0.15) is 40.2 Å². The molecule has 1 aliphatic rings. The summed E-state index contributed by atoms with van der Waals surface area (Å²) in [5, 5.41) is 12.6. The Labute approximate surface area is 118 Å². The highest BCUT2D eigenvalue weighted by molar-refractivity contribution is 5.95. The molecule has 2 rings (SSSR count). The van der Waals surface area contributed by atoms with Gasteiger partial charge in [-0.3, -0.25) is 0 Å². The first-order valence-corrected chi connectivity index (χ1v) is 6.62. The lowest BCUT2D eigenvalue weighted by molar-refractivity contribution is 0.0596. The highest BCUT2D eigenvalue weighted by Crippen LogP contribution is 2.32. The molecule has 0 atom stereocenters. The number of hydrogen-bond donors (Lipinski definition) is 1. The number of piperidine rings is 1. The lowest BCUT2D eigenvalue weighted by atomic mass is 9.88. The van der Waals surface area contributed by atoms with Crippen molar-refractivity contribution >= 4 is 5.97 Å². The predicted molar refractivity (Wildman–Crippen MR) is 73.9 cm³/mol. The van der Waals surface area contributed by atoms with Gasteiger partial charge in [0, 0.05) is 0 Å². The number of nitrogens with one attached hydrogen (secondary N) is 1. The van der Waals surface area contributed by atoms with E-state index in [0.29, 0.717) is 17.2 Å². The average molecular weight is 274 g/mol. The first-order chi connectivity index (χ1) is 9.71. The van der Waals surface area contributed by atoms with Gasteiger partial charge in [0.25, 0.3) is 0 Å². The maximum atomic E-state index is 11.8. The van der Waals surface area contributed by atoms with E-state index < -0.39 is 5.97 Å². The fourth-order valence-electron chi connectivity index (χ4n) is 2.59. The van der Waals surface area contributed by atoms with Gasteiger partial charge < -0.3 is 14.8 Å². The first-order valence-electron chi connectivity index (χ1n) is 6.62. The minimum Gasteiger partial charge on any atom is -0.496 e. The number of esters is 1. The summed E-state index contributed by atoms with van der Waals surface area (Å²) in [6.07, 6.45) is 2.04. The summed E-state index contributed by atoms with van der Waals surface area (Å²) >= 11 is 0. The quantitative estimate of drug-likeness (QED) is 0.851. The average Bonchev–Trinajstić information content (AvgIpc) is 2.53. The van der Waals surface area contributed by atoms with Crippen LogP contribution in [-0.4, -0.2) is 33.3 Å². The number of carbonyl (C=O) groups excluding carboxylic acids is 1. The van der Waals surface area contributed by atoms with Crippen molar-refractivity contribution in [2.24, 2.45) is 0 Å². The number of hydrogen-bond acceptors (Lipinski definition) is 5. The van der Waals surface area contributed by atoms with E-state index in [1.165, 1.54) is 14.2 Å². The van der Waals surface area contributed by atoms with Gasteiger partial charge in [0.1, 0.15) is 17.4 Å². The molecule has 1 heterocycles. The standard InChI is InChI=1S/C15H18N2O3/c1-19-13-8-11(10-3-5-17-6-4-10)7-12(9-16)14(13)15(18)20-2/h7-8,10,17H,3-6H2,1-2H3. The van der Waals surface area contributed by atoms with E-state index in [1.54, 1.807) is 6.07 Å². The third kappa shape index (κ3) is 2.75. The molecular formula is C15H18N2O3. The summed E-state index contributed by atoms with van der Waals surface area (Å²) in [6, 6.07) is 5.70. The van der Waals surface area contributed by atoms with Crippen LogP contribution in [-0.2, 0) is 4.74 Å². The Bertz CT molecular complexity index is 543. The molecule has 1 aliphatic heterocycles. The van der Waals surface area contributed by atoms with Crippen molar-refractivity contribution in [1.82, 2.24) is 5.32 Å².